The first-order valence-electron chi connectivity index (χ1n) is 3.80. The van der Waals surface area contributed by atoms with Crippen molar-refractivity contribution in [3.05, 3.63) is 32.5 Å². The Morgan fingerprint density at radius 1 is 1.14 bits per heavy atom. The van der Waals surface area contributed by atoms with Crippen molar-refractivity contribution in [3.63, 3.8) is 0 Å². The van der Waals surface area contributed by atoms with Gasteiger partial charge in [-0.3, -0.25) is 0 Å². The molecule has 0 fully saturated rings. The van der Waals surface area contributed by atoms with Crippen molar-refractivity contribution >= 4 is 31.9 Å². The van der Waals surface area contributed by atoms with Gasteiger partial charge in [-0.15, -0.1) is 0 Å². The predicted molar refractivity (Wildman–Crippen MR) is 58.6 cm³/mol. The summed E-state index contributed by atoms with van der Waals surface area (Å²) in [5.41, 5.74) is 0.351. The van der Waals surface area contributed by atoms with Crippen molar-refractivity contribution in [3.8, 4) is 0 Å². The molecule has 0 bridgehead atoms. The lowest BCUT2D eigenvalue weighted by molar-refractivity contribution is -0.108. The van der Waals surface area contributed by atoms with Crippen LogP contribution in [0.5, 0.6) is 0 Å². The molecule has 0 N–H and O–H groups in total. The Morgan fingerprint density at radius 2 is 1.64 bits per heavy atom. The molecule has 0 aliphatic rings. The third kappa shape index (κ3) is 2.34. The summed E-state index contributed by atoms with van der Waals surface area (Å²) in [5, 5.41) is 0. The highest BCUT2D eigenvalue weighted by Crippen LogP contribution is 2.32. The molecular formula is C9H9Br2FO2. The minimum absolute atomic E-state index is 0.351. The second kappa shape index (κ2) is 5.21. The van der Waals surface area contributed by atoms with Crippen LogP contribution in [-0.4, -0.2) is 14.2 Å². The molecule has 0 atom stereocenters. The molecule has 1 rings (SSSR count). The third-order valence-corrected chi connectivity index (χ3v) is 3.05. The van der Waals surface area contributed by atoms with Crippen LogP contribution in [0.2, 0.25) is 0 Å². The normalized spacial score (nSPS) is 11.0. The van der Waals surface area contributed by atoms with E-state index >= 15 is 0 Å². The number of rotatable bonds is 3. The molecule has 0 spiro atoms. The van der Waals surface area contributed by atoms with Gasteiger partial charge in [-0.2, -0.15) is 0 Å². The van der Waals surface area contributed by atoms with Crippen LogP contribution < -0.4 is 0 Å². The summed E-state index contributed by atoms with van der Waals surface area (Å²) in [6.45, 7) is 0. The first-order valence-corrected chi connectivity index (χ1v) is 5.39. The molecule has 0 unspecified atom stereocenters. The van der Waals surface area contributed by atoms with Gasteiger partial charge in [0.15, 0.2) is 6.29 Å². The van der Waals surface area contributed by atoms with Crippen LogP contribution in [0.4, 0.5) is 4.39 Å². The number of benzene rings is 1. The topological polar surface area (TPSA) is 18.5 Å². The molecule has 1 aromatic carbocycles. The molecule has 1 aromatic rings. The average Bonchev–Trinajstić information content (AvgIpc) is 2.19. The Bertz CT molecular complexity index is 327. The molecular weight excluding hydrogens is 319 g/mol. The van der Waals surface area contributed by atoms with Crippen molar-refractivity contribution in [2.24, 2.45) is 0 Å². The Balaban J connectivity index is 3.23. The summed E-state index contributed by atoms with van der Waals surface area (Å²) in [7, 11) is 2.92. The SMILES string of the molecule is COC(OC)c1c(Br)ccc(Br)c1F. The standard InChI is InChI=1S/C9H9Br2FO2/c1-13-9(14-2)7-5(10)3-4-6(11)8(7)12/h3-4,9H,1-2H3. The minimum Gasteiger partial charge on any atom is -0.352 e. The van der Waals surface area contributed by atoms with Gasteiger partial charge in [-0.05, 0) is 28.1 Å². The van der Waals surface area contributed by atoms with E-state index in [1.54, 1.807) is 12.1 Å². The van der Waals surface area contributed by atoms with E-state index in [-0.39, 0.29) is 5.82 Å². The largest absolute Gasteiger partial charge is 0.352 e. The van der Waals surface area contributed by atoms with Gasteiger partial charge in [0, 0.05) is 18.7 Å². The van der Waals surface area contributed by atoms with Crippen molar-refractivity contribution < 1.29 is 13.9 Å². The number of hydrogen-bond donors (Lipinski definition) is 0. The van der Waals surface area contributed by atoms with Gasteiger partial charge in [0.1, 0.15) is 5.82 Å². The first-order chi connectivity index (χ1) is 6.61. The van der Waals surface area contributed by atoms with E-state index in [2.05, 4.69) is 31.9 Å². The zero-order valence-corrected chi connectivity index (χ0v) is 10.9. The molecule has 0 aromatic heterocycles. The smallest absolute Gasteiger partial charge is 0.187 e. The van der Waals surface area contributed by atoms with Gasteiger partial charge in [0.05, 0.1) is 10.0 Å². The van der Waals surface area contributed by atoms with Gasteiger partial charge < -0.3 is 9.47 Å². The predicted octanol–water partition coefficient (Wildman–Crippen LogP) is 3.64. The van der Waals surface area contributed by atoms with E-state index in [0.29, 0.717) is 14.5 Å². The lowest BCUT2D eigenvalue weighted by atomic mass is 10.2. The zero-order chi connectivity index (χ0) is 10.7. The quantitative estimate of drug-likeness (QED) is 0.623. The fourth-order valence-corrected chi connectivity index (χ4v) is 1.93. The van der Waals surface area contributed by atoms with Crippen LogP contribution in [0.15, 0.2) is 21.1 Å². The minimum atomic E-state index is -0.707. The fourth-order valence-electron chi connectivity index (χ4n) is 1.09. The number of hydrogen-bond acceptors (Lipinski definition) is 2. The zero-order valence-electron chi connectivity index (χ0n) is 7.68. The Morgan fingerprint density at radius 3 is 2.14 bits per heavy atom. The molecule has 0 saturated carbocycles. The highest BCUT2D eigenvalue weighted by atomic mass is 79.9. The van der Waals surface area contributed by atoms with Gasteiger partial charge in [0.25, 0.3) is 0 Å². The van der Waals surface area contributed by atoms with Crippen molar-refractivity contribution in [1.82, 2.24) is 0 Å². The van der Waals surface area contributed by atoms with E-state index < -0.39 is 6.29 Å². The van der Waals surface area contributed by atoms with Crippen LogP contribution in [0.25, 0.3) is 0 Å². The number of methoxy groups -OCH3 is 2. The van der Waals surface area contributed by atoms with Crippen LogP contribution >= 0.6 is 31.9 Å². The van der Waals surface area contributed by atoms with Gasteiger partial charge in [0.2, 0.25) is 0 Å². The van der Waals surface area contributed by atoms with Gasteiger partial charge in [-0.25, -0.2) is 4.39 Å². The number of ether oxygens (including phenoxy) is 2. The molecule has 2 nitrogen and oxygen atoms in total. The van der Waals surface area contributed by atoms with Crippen LogP contribution in [0.1, 0.15) is 11.9 Å². The molecule has 14 heavy (non-hydrogen) atoms. The molecule has 0 heterocycles. The Kier molecular flexibility index (Phi) is 4.50. The van der Waals surface area contributed by atoms with Crippen molar-refractivity contribution in [2.45, 2.75) is 6.29 Å². The maximum Gasteiger partial charge on any atom is 0.187 e. The van der Waals surface area contributed by atoms with Crippen molar-refractivity contribution in [1.29, 1.82) is 0 Å². The highest BCUT2D eigenvalue weighted by molar-refractivity contribution is 9.11. The lowest BCUT2D eigenvalue weighted by Gasteiger charge is -2.16. The average molecular weight is 328 g/mol. The lowest BCUT2D eigenvalue weighted by Crippen LogP contribution is -2.07. The van der Waals surface area contributed by atoms with Gasteiger partial charge in [-0.1, -0.05) is 15.9 Å². The fraction of sp³-hybridized carbons (Fsp3) is 0.333. The Hall–Kier alpha value is 0.0300. The second-order valence-electron chi connectivity index (χ2n) is 2.56. The molecule has 0 amide bonds. The summed E-state index contributed by atoms with van der Waals surface area (Å²) in [6, 6.07) is 3.35. The monoisotopic (exact) mass is 326 g/mol. The molecule has 5 heteroatoms. The van der Waals surface area contributed by atoms with E-state index in [1.165, 1.54) is 14.2 Å². The van der Waals surface area contributed by atoms with Crippen LogP contribution in [-0.2, 0) is 9.47 Å². The molecule has 78 valence electrons. The maximum atomic E-state index is 13.6. The number of halogens is 3. The maximum absolute atomic E-state index is 13.6. The summed E-state index contributed by atoms with van der Waals surface area (Å²) >= 11 is 6.34. The third-order valence-electron chi connectivity index (χ3n) is 1.74. The van der Waals surface area contributed by atoms with Crippen LogP contribution in [0, 0.1) is 5.82 Å². The summed E-state index contributed by atoms with van der Waals surface area (Å²) in [4.78, 5) is 0. The summed E-state index contributed by atoms with van der Waals surface area (Å²) in [5.74, 6) is -0.381. The van der Waals surface area contributed by atoms with Crippen LogP contribution in [0.3, 0.4) is 0 Å². The summed E-state index contributed by atoms with van der Waals surface area (Å²) in [6.07, 6.45) is -0.707. The van der Waals surface area contributed by atoms with E-state index in [0.717, 1.165) is 0 Å². The van der Waals surface area contributed by atoms with Gasteiger partial charge >= 0.3 is 0 Å². The first kappa shape index (κ1) is 12.1. The van der Waals surface area contributed by atoms with E-state index in [4.69, 9.17) is 9.47 Å². The highest BCUT2D eigenvalue weighted by Gasteiger charge is 2.19. The van der Waals surface area contributed by atoms with E-state index in [9.17, 15) is 4.39 Å². The van der Waals surface area contributed by atoms with E-state index in [1.807, 2.05) is 0 Å². The van der Waals surface area contributed by atoms with Crippen molar-refractivity contribution in [2.75, 3.05) is 14.2 Å². The molecule has 0 saturated heterocycles. The molecule has 0 aliphatic carbocycles. The molecule has 0 radical (unpaired) electrons. The second-order valence-corrected chi connectivity index (χ2v) is 4.27. The summed E-state index contributed by atoms with van der Waals surface area (Å²) < 4.78 is 24.6. The molecule has 0 aliphatic heterocycles. The Labute approximate surface area is 98.7 Å².